The molecule has 6 heteroatoms. The summed E-state index contributed by atoms with van der Waals surface area (Å²) in [5, 5.41) is 0. The van der Waals surface area contributed by atoms with E-state index in [4.69, 9.17) is 14.2 Å². The Labute approximate surface area is 440 Å². The number of rotatable bonds is 56. The number of hydrogen-bond acceptors (Lipinski definition) is 6. The van der Waals surface area contributed by atoms with Crippen molar-refractivity contribution < 1.29 is 28.6 Å². The number of ether oxygens (including phenoxy) is 3. The van der Waals surface area contributed by atoms with Crippen LogP contribution in [-0.4, -0.2) is 37.2 Å². The predicted octanol–water partition coefficient (Wildman–Crippen LogP) is 20.8. The molecule has 0 aliphatic carbocycles. The first-order valence-electron chi connectivity index (χ1n) is 30.8. The van der Waals surface area contributed by atoms with Crippen molar-refractivity contribution in [3.8, 4) is 0 Å². The third kappa shape index (κ3) is 57.9. The number of hydrogen-bond donors (Lipinski definition) is 0. The molecular formula is C65H116O6. The van der Waals surface area contributed by atoms with Gasteiger partial charge in [0.15, 0.2) is 6.10 Å². The second kappa shape index (κ2) is 59.7. The highest BCUT2D eigenvalue weighted by atomic mass is 16.6. The van der Waals surface area contributed by atoms with Gasteiger partial charge in [0, 0.05) is 19.3 Å². The third-order valence-electron chi connectivity index (χ3n) is 13.5. The monoisotopic (exact) mass is 993 g/mol. The summed E-state index contributed by atoms with van der Waals surface area (Å²) in [5.41, 5.74) is 0. The van der Waals surface area contributed by atoms with Gasteiger partial charge in [-0.25, -0.2) is 0 Å². The van der Waals surface area contributed by atoms with E-state index in [1.807, 2.05) is 0 Å². The Bertz CT molecular complexity index is 1280. The average Bonchev–Trinajstić information content (AvgIpc) is 3.37. The third-order valence-corrected chi connectivity index (χ3v) is 13.5. The van der Waals surface area contributed by atoms with Gasteiger partial charge in [-0.2, -0.15) is 0 Å². The maximum Gasteiger partial charge on any atom is 0.306 e. The average molecular weight is 994 g/mol. The Morgan fingerprint density at radius 3 is 0.859 bits per heavy atom. The highest BCUT2D eigenvalue weighted by Crippen LogP contribution is 2.17. The summed E-state index contributed by atoms with van der Waals surface area (Å²) in [4.78, 5) is 38.2. The van der Waals surface area contributed by atoms with Gasteiger partial charge < -0.3 is 14.2 Å². The van der Waals surface area contributed by atoms with E-state index in [2.05, 4.69) is 81.5 Å². The van der Waals surface area contributed by atoms with Crippen LogP contribution in [0.5, 0.6) is 0 Å². The van der Waals surface area contributed by atoms with Gasteiger partial charge in [-0.15, -0.1) is 0 Å². The van der Waals surface area contributed by atoms with Crippen LogP contribution in [0.25, 0.3) is 0 Å². The van der Waals surface area contributed by atoms with Gasteiger partial charge in [0.25, 0.3) is 0 Å². The Morgan fingerprint density at radius 1 is 0.282 bits per heavy atom. The minimum atomic E-state index is -0.790. The highest BCUT2D eigenvalue weighted by Gasteiger charge is 2.19. The molecule has 0 aliphatic heterocycles. The van der Waals surface area contributed by atoms with Crippen molar-refractivity contribution in [1.82, 2.24) is 0 Å². The normalized spacial score (nSPS) is 12.4. The van der Waals surface area contributed by atoms with Crippen molar-refractivity contribution in [1.29, 1.82) is 0 Å². The molecule has 0 rings (SSSR count). The van der Waals surface area contributed by atoms with E-state index >= 15 is 0 Å². The minimum absolute atomic E-state index is 0.0850. The van der Waals surface area contributed by atoms with Gasteiger partial charge in [0.1, 0.15) is 13.2 Å². The fourth-order valence-corrected chi connectivity index (χ4v) is 8.83. The first kappa shape index (κ1) is 68.1. The predicted molar refractivity (Wildman–Crippen MR) is 307 cm³/mol. The van der Waals surface area contributed by atoms with E-state index in [0.29, 0.717) is 19.3 Å². The molecule has 0 amide bonds. The molecule has 0 bridgehead atoms. The highest BCUT2D eigenvalue weighted by molar-refractivity contribution is 5.71. The quantitative estimate of drug-likeness (QED) is 0.0261. The fourth-order valence-electron chi connectivity index (χ4n) is 8.83. The summed E-state index contributed by atoms with van der Waals surface area (Å²) in [5.74, 6) is -0.911. The van der Waals surface area contributed by atoms with Crippen LogP contribution >= 0.6 is 0 Å². The lowest BCUT2D eigenvalue weighted by Crippen LogP contribution is -2.30. The SMILES string of the molecule is CCCCC/C=C\C/C=C\C/C=C\C/C=C\CCCCCC(=O)OC[C@H](COC(=O)CCCCCCCCCCCCCCCCCCCCCCC)OC(=O)CCCCCCC/C=C\CCCCCC. The van der Waals surface area contributed by atoms with Crippen LogP contribution in [0.4, 0.5) is 0 Å². The molecule has 1 atom stereocenters. The van der Waals surface area contributed by atoms with Crippen molar-refractivity contribution in [2.24, 2.45) is 0 Å². The molecular weight excluding hydrogens is 877 g/mol. The van der Waals surface area contributed by atoms with Crippen molar-refractivity contribution >= 4 is 17.9 Å². The number of carbonyl (C=O) groups is 3. The number of allylic oxidation sites excluding steroid dienone is 10. The molecule has 412 valence electrons. The van der Waals surface area contributed by atoms with Crippen molar-refractivity contribution in [3.63, 3.8) is 0 Å². The van der Waals surface area contributed by atoms with Gasteiger partial charge in [-0.05, 0) is 89.9 Å². The Kier molecular flexibility index (Phi) is 57.2. The lowest BCUT2D eigenvalue weighted by atomic mass is 10.0. The van der Waals surface area contributed by atoms with E-state index in [1.165, 1.54) is 180 Å². The molecule has 0 aromatic heterocycles. The summed E-state index contributed by atoms with van der Waals surface area (Å²) < 4.78 is 16.9. The van der Waals surface area contributed by atoms with Gasteiger partial charge >= 0.3 is 17.9 Å². The second-order valence-corrected chi connectivity index (χ2v) is 20.6. The van der Waals surface area contributed by atoms with Gasteiger partial charge in [0.05, 0.1) is 0 Å². The van der Waals surface area contributed by atoms with Crippen LogP contribution in [0.3, 0.4) is 0 Å². The summed E-state index contributed by atoms with van der Waals surface area (Å²) in [6.45, 7) is 6.60. The maximum absolute atomic E-state index is 12.9. The lowest BCUT2D eigenvalue weighted by Gasteiger charge is -2.18. The summed E-state index contributed by atoms with van der Waals surface area (Å²) in [7, 11) is 0. The number of esters is 3. The van der Waals surface area contributed by atoms with Gasteiger partial charge in [-0.3, -0.25) is 14.4 Å². The van der Waals surface area contributed by atoms with Gasteiger partial charge in [-0.1, -0.05) is 268 Å². The molecule has 0 radical (unpaired) electrons. The molecule has 0 spiro atoms. The standard InChI is InChI=1S/C65H116O6/c1-4-7-10-13-16-19-22-25-27-29-31-32-34-36-38-41-43-46-49-52-55-58-64(67)70-61-62(71-65(68)59-56-53-50-47-44-39-24-21-18-15-12-9-6-3)60-69-63(66)57-54-51-48-45-42-40-37-35-33-30-28-26-23-20-17-14-11-8-5-2/h17,20-21,24,26,28,33,35,40,42,62H,4-16,18-19,22-23,25,27,29-32,34,36-39,41,43-61H2,1-3H3/b20-17-,24-21-,28-26-,35-33-,42-40-/t62-/m1/s1. The maximum atomic E-state index is 12.9. The van der Waals surface area contributed by atoms with Crippen molar-refractivity contribution in [2.75, 3.05) is 13.2 Å². The zero-order valence-corrected chi connectivity index (χ0v) is 47.2. The first-order valence-corrected chi connectivity index (χ1v) is 30.8. The molecule has 0 N–H and O–H groups in total. The summed E-state index contributed by atoms with van der Waals surface area (Å²) in [6.07, 6.45) is 75.1. The molecule has 71 heavy (non-hydrogen) atoms. The van der Waals surface area contributed by atoms with Crippen molar-refractivity contribution in [2.45, 2.75) is 322 Å². The van der Waals surface area contributed by atoms with Crippen LogP contribution in [0.2, 0.25) is 0 Å². The van der Waals surface area contributed by atoms with E-state index in [9.17, 15) is 14.4 Å². The molecule has 0 saturated carbocycles. The van der Waals surface area contributed by atoms with E-state index < -0.39 is 6.10 Å². The zero-order valence-electron chi connectivity index (χ0n) is 47.2. The van der Waals surface area contributed by atoms with Crippen LogP contribution < -0.4 is 0 Å². The Hall–Kier alpha value is -2.89. The fraction of sp³-hybridized carbons (Fsp3) is 0.800. The first-order chi connectivity index (χ1) is 35.0. The molecule has 0 heterocycles. The van der Waals surface area contributed by atoms with Crippen molar-refractivity contribution in [3.05, 3.63) is 60.8 Å². The van der Waals surface area contributed by atoms with Crippen LogP contribution in [0.1, 0.15) is 316 Å². The molecule has 0 fully saturated rings. The van der Waals surface area contributed by atoms with E-state index in [0.717, 1.165) is 96.3 Å². The Balaban J connectivity index is 4.35. The van der Waals surface area contributed by atoms with E-state index in [1.54, 1.807) is 0 Å². The number of unbranched alkanes of at least 4 members (excludes halogenated alkanes) is 35. The molecule has 0 aromatic carbocycles. The zero-order chi connectivity index (χ0) is 51.4. The smallest absolute Gasteiger partial charge is 0.306 e. The molecule has 0 saturated heterocycles. The molecule has 0 aromatic rings. The largest absolute Gasteiger partial charge is 0.462 e. The molecule has 6 nitrogen and oxygen atoms in total. The summed E-state index contributed by atoms with van der Waals surface area (Å²) in [6, 6.07) is 0. The minimum Gasteiger partial charge on any atom is -0.462 e. The van der Waals surface area contributed by atoms with Crippen LogP contribution in [0.15, 0.2) is 60.8 Å². The number of carbonyl (C=O) groups excluding carboxylic acids is 3. The van der Waals surface area contributed by atoms with Gasteiger partial charge in [0.2, 0.25) is 0 Å². The molecule has 0 aliphatic rings. The summed E-state index contributed by atoms with van der Waals surface area (Å²) >= 11 is 0. The Morgan fingerprint density at radius 2 is 0.507 bits per heavy atom. The van der Waals surface area contributed by atoms with E-state index in [-0.39, 0.29) is 31.1 Å². The second-order valence-electron chi connectivity index (χ2n) is 20.6. The van der Waals surface area contributed by atoms with Crippen LogP contribution in [-0.2, 0) is 28.6 Å². The topological polar surface area (TPSA) is 78.9 Å². The van der Waals surface area contributed by atoms with Crippen LogP contribution in [0, 0.1) is 0 Å². The lowest BCUT2D eigenvalue weighted by molar-refractivity contribution is -0.167. The molecule has 0 unspecified atom stereocenters.